The Morgan fingerprint density at radius 2 is 1.72 bits per heavy atom. The molecule has 2 atom stereocenters. The van der Waals surface area contributed by atoms with Gasteiger partial charge in [-0.15, -0.1) is 0 Å². The molecule has 0 spiro atoms. The Balaban J connectivity index is 2.05. The van der Waals surface area contributed by atoms with Crippen LogP contribution in [0.25, 0.3) is 0 Å². The van der Waals surface area contributed by atoms with E-state index < -0.39 is 6.09 Å². The fourth-order valence-corrected chi connectivity index (χ4v) is 3.27. The zero-order valence-corrected chi connectivity index (χ0v) is 14.1. The third-order valence-corrected chi connectivity index (χ3v) is 4.46. The molecule has 3 rings (SSSR count). The van der Waals surface area contributed by atoms with Crippen LogP contribution < -0.4 is 0 Å². The van der Waals surface area contributed by atoms with Crippen molar-refractivity contribution in [1.29, 1.82) is 5.26 Å². The van der Waals surface area contributed by atoms with Crippen LogP contribution in [-0.4, -0.2) is 24.1 Å². The monoisotopic (exact) mass is 332 g/mol. The maximum absolute atomic E-state index is 12.3. The Morgan fingerprint density at radius 1 is 1.12 bits per heavy atom. The summed E-state index contributed by atoms with van der Waals surface area (Å²) in [6, 6.07) is 22.3. The molecule has 1 amide bonds. The van der Waals surface area contributed by atoms with Crippen molar-refractivity contribution in [3.05, 3.63) is 83.6 Å². The maximum atomic E-state index is 12.3. The lowest BCUT2D eigenvalue weighted by atomic mass is 9.78. The molecule has 2 aromatic carbocycles. The Kier molecular flexibility index (Phi) is 5.15. The van der Waals surface area contributed by atoms with Gasteiger partial charge in [0.1, 0.15) is 11.8 Å². The second kappa shape index (κ2) is 7.67. The predicted octanol–water partition coefficient (Wildman–Crippen LogP) is 4.43. The van der Waals surface area contributed by atoms with Crippen molar-refractivity contribution in [2.45, 2.75) is 18.8 Å². The number of nitriles is 1. The van der Waals surface area contributed by atoms with Crippen molar-refractivity contribution >= 4 is 6.09 Å². The standard InChI is InChI=1S/C21H20N2O2/c1-2-25-21(24)23-15-20(17-11-7-4-8-12-17)19(13-18(23)14-22)16-9-5-3-6-10-16/h3-13,19-20H,2,15H2,1H3. The highest BCUT2D eigenvalue weighted by molar-refractivity contribution is 5.72. The highest BCUT2D eigenvalue weighted by atomic mass is 16.6. The Hall–Kier alpha value is -3.06. The second-order valence-electron chi connectivity index (χ2n) is 5.93. The van der Waals surface area contributed by atoms with Gasteiger partial charge in [-0.3, -0.25) is 4.90 Å². The summed E-state index contributed by atoms with van der Waals surface area (Å²) in [6.45, 7) is 2.47. The SMILES string of the molecule is CCOC(=O)N1CC(c2ccccc2)C(c2ccccc2)C=C1C#N. The van der Waals surface area contributed by atoms with E-state index in [-0.39, 0.29) is 18.4 Å². The minimum atomic E-state index is -0.470. The molecule has 0 aromatic heterocycles. The normalized spacial score (nSPS) is 19.7. The molecule has 4 nitrogen and oxygen atoms in total. The third-order valence-electron chi connectivity index (χ3n) is 4.46. The van der Waals surface area contributed by atoms with Gasteiger partial charge in [0.15, 0.2) is 0 Å². The van der Waals surface area contributed by atoms with Crippen LogP contribution in [0, 0.1) is 11.3 Å². The number of benzene rings is 2. The lowest BCUT2D eigenvalue weighted by Crippen LogP contribution is -2.39. The number of ether oxygens (including phenoxy) is 1. The minimum absolute atomic E-state index is 0.0314. The van der Waals surface area contributed by atoms with Gasteiger partial charge in [0.25, 0.3) is 0 Å². The summed E-state index contributed by atoms with van der Waals surface area (Å²) in [5, 5.41) is 9.53. The van der Waals surface area contributed by atoms with Crippen LogP contribution >= 0.6 is 0 Å². The van der Waals surface area contributed by atoms with Crippen LogP contribution in [0.3, 0.4) is 0 Å². The fourth-order valence-electron chi connectivity index (χ4n) is 3.27. The smallest absolute Gasteiger partial charge is 0.414 e. The van der Waals surface area contributed by atoms with E-state index in [1.165, 1.54) is 4.90 Å². The molecule has 0 aliphatic carbocycles. The van der Waals surface area contributed by atoms with Gasteiger partial charge < -0.3 is 4.74 Å². The number of hydrogen-bond donors (Lipinski definition) is 0. The van der Waals surface area contributed by atoms with Crippen molar-refractivity contribution in [3.63, 3.8) is 0 Å². The second-order valence-corrected chi connectivity index (χ2v) is 5.93. The highest BCUT2D eigenvalue weighted by Crippen LogP contribution is 2.39. The van der Waals surface area contributed by atoms with E-state index in [4.69, 9.17) is 4.74 Å². The molecule has 0 fully saturated rings. The zero-order chi connectivity index (χ0) is 17.6. The van der Waals surface area contributed by atoms with Gasteiger partial charge in [0, 0.05) is 18.4 Å². The molecule has 2 aromatic rings. The first-order chi connectivity index (χ1) is 12.2. The Bertz CT molecular complexity index is 794. The summed E-state index contributed by atoms with van der Waals surface area (Å²) in [5.74, 6) is 0.0917. The van der Waals surface area contributed by atoms with Crippen molar-refractivity contribution in [3.8, 4) is 6.07 Å². The highest BCUT2D eigenvalue weighted by Gasteiger charge is 2.34. The summed E-state index contributed by atoms with van der Waals surface area (Å²) >= 11 is 0. The number of allylic oxidation sites excluding steroid dienone is 2. The lowest BCUT2D eigenvalue weighted by molar-refractivity contribution is 0.115. The van der Waals surface area contributed by atoms with Crippen LogP contribution in [0.15, 0.2) is 72.4 Å². The molecule has 1 heterocycles. The summed E-state index contributed by atoms with van der Waals surface area (Å²) in [4.78, 5) is 13.7. The van der Waals surface area contributed by atoms with Crippen LogP contribution in [-0.2, 0) is 4.74 Å². The fraction of sp³-hybridized carbons (Fsp3) is 0.238. The van der Waals surface area contributed by atoms with E-state index in [1.807, 2.05) is 42.5 Å². The number of hydrogen-bond acceptors (Lipinski definition) is 3. The molecular weight excluding hydrogens is 312 g/mol. The van der Waals surface area contributed by atoms with E-state index in [0.29, 0.717) is 12.2 Å². The van der Waals surface area contributed by atoms with E-state index in [2.05, 4.69) is 30.3 Å². The topological polar surface area (TPSA) is 53.3 Å². The first-order valence-corrected chi connectivity index (χ1v) is 8.40. The molecule has 0 N–H and O–H groups in total. The molecule has 1 aliphatic rings. The largest absolute Gasteiger partial charge is 0.449 e. The summed E-state index contributed by atoms with van der Waals surface area (Å²) < 4.78 is 5.13. The Morgan fingerprint density at radius 3 is 2.28 bits per heavy atom. The van der Waals surface area contributed by atoms with Gasteiger partial charge in [-0.1, -0.05) is 60.7 Å². The van der Waals surface area contributed by atoms with Gasteiger partial charge in [-0.05, 0) is 24.1 Å². The average molecular weight is 332 g/mol. The van der Waals surface area contributed by atoms with Gasteiger partial charge in [0.05, 0.1) is 6.61 Å². The summed E-state index contributed by atoms with van der Waals surface area (Å²) in [5.41, 5.74) is 2.62. The van der Waals surface area contributed by atoms with Gasteiger partial charge in [-0.25, -0.2) is 4.79 Å². The van der Waals surface area contributed by atoms with Crippen molar-refractivity contribution in [2.75, 3.05) is 13.2 Å². The molecule has 0 saturated carbocycles. The number of carbonyl (C=O) groups excluding carboxylic acids is 1. The average Bonchev–Trinajstić information content (AvgIpc) is 2.68. The van der Waals surface area contributed by atoms with E-state index in [9.17, 15) is 10.1 Å². The predicted molar refractivity (Wildman–Crippen MR) is 95.8 cm³/mol. The molecule has 1 aliphatic heterocycles. The number of rotatable bonds is 3. The van der Waals surface area contributed by atoms with Crippen molar-refractivity contribution < 1.29 is 9.53 Å². The van der Waals surface area contributed by atoms with Crippen LogP contribution in [0.4, 0.5) is 4.79 Å². The first kappa shape index (κ1) is 16.8. The van der Waals surface area contributed by atoms with E-state index in [0.717, 1.165) is 11.1 Å². The van der Waals surface area contributed by atoms with E-state index >= 15 is 0 Å². The van der Waals surface area contributed by atoms with Crippen LogP contribution in [0.1, 0.15) is 29.9 Å². The molecule has 25 heavy (non-hydrogen) atoms. The molecule has 0 saturated heterocycles. The molecule has 126 valence electrons. The quantitative estimate of drug-likeness (QED) is 0.835. The van der Waals surface area contributed by atoms with Gasteiger partial charge in [0.2, 0.25) is 0 Å². The number of nitrogens with zero attached hydrogens (tertiary/aromatic N) is 2. The first-order valence-electron chi connectivity index (χ1n) is 8.40. The van der Waals surface area contributed by atoms with Crippen molar-refractivity contribution in [1.82, 2.24) is 4.90 Å². The molecular formula is C21H20N2O2. The Labute approximate surface area is 148 Å². The van der Waals surface area contributed by atoms with Crippen LogP contribution in [0.5, 0.6) is 0 Å². The molecule has 2 unspecified atom stereocenters. The van der Waals surface area contributed by atoms with Crippen molar-refractivity contribution in [2.24, 2.45) is 0 Å². The molecule has 4 heteroatoms. The van der Waals surface area contributed by atoms with Gasteiger partial charge >= 0.3 is 6.09 Å². The number of carbonyl (C=O) groups is 1. The summed E-state index contributed by atoms with van der Waals surface area (Å²) in [7, 11) is 0. The van der Waals surface area contributed by atoms with Crippen LogP contribution in [0.2, 0.25) is 0 Å². The molecule has 0 radical (unpaired) electrons. The summed E-state index contributed by atoms with van der Waals surface area (Å²) in [6.07, 6.45) is 1.41. The number of amides is 1. The third kappa shape index (κ3) is 3.56. The maximum Gasteiger partial charge on any atom is 0.414 e. The molecule has 0 bridgehead atoms. The lowest BCUT2D eigenvalue weighted by Gasteiger charge is -2.35. The zero-order valence-electron chi connectivity index (χ0n) is 14.1. The minimum Gasteiger partial charge on any atom is -0.449 e. The van der Waals surface area contributed by atoms with E-state index in [1.54, 1.807) is 6.92 Å². The van der Waals surface area contributed by atoms with Gasteiger partial charge in [-0.2, -0.15) is 5.26 Å².